The van der Waals surface area contributed by atoms with Gasteiger partial charge in [-0.3, -0.25) is 14.2 Å². The van der Waals surface area contributed by atoms with Gasteiger partial charge in [0.2, 0.25) is 11.8 Å². The summed E-state index contributed by atoms with van der Waals surface area (Å²) in [4.78, 5) is 38.3. The van der Waals surface area contributed by atoms with Gasteiger partial charge >= 0.3 is 5.69 Å². The van der Waals surface area contributed by atoms with Crippen LogP contribution in [0.1, 0.15) is 38.8 Å². The van der Waals surface area contributed by atoms with Crippen LogP contribution in [0, 0.1) is 5.82 Å². The number of nitrogens with one attached hydrogen (secondary N) is 2. The molecule has 0 aromatic carbocycles. The molecule has 0 bridgehead atoms. The number of ether oxygens (including phenoxy) is 1. The molecule has 12 heteroatoms. The van der Waals surface area contributed by atoms with Crippen molar-refractivity contribution in [1.29, 1.82) is 0 Å². The Hall–Kier alpha value is -2.41. The van der Waals surface area contributed by atoms with Gasteiger partial charge < -0.3 is 30.7 Å². The predicted molar refractivity (Wildman–Crippen MR) is 97.2 cm³/mol. The highest BCUT2D eigenvalue weighted by Crippen LogP contribution is 2.28. The molecule has 1 aromatic rings. The van der Waals surface area contributed by atoms with E-state index in [0.29, 0.717) is 36.6 Å². The van der Waals surface area contributed by atoms with Gasteiger partial charge in [-0.05, 0) is 12.8 Å². The van der Waals surface area contributed by atoms with Crippen molar-refractivity contribution >= 4 is 17.6 Å². The molecular weight excluding hydrogens is 391 g/mol. The minimum Gasteiger partial charge on any atom is -0.394 e. The largest absolute Gasteiger partial charge is 0.394 e. The molecule has 1 aliphatic rings. The van der Waals surface area contributed by atoms with Gasteiger partial charge in [0.1, 0.15) is 18.3 Å². The lowest BCUT2D eigenvalue weighted by molar-refractivity contribution is -0.119. The molecule has 29 heavy (non-hydrogen) atoms. The highest BCUT2D eigenvalue weighted by Gasteiger charge is 2.44. The maximum Gasteiger partial charge on any atom is 0.351 e. The number of carbonyl (C=O) groups is 2. The number of hydrogen-bond acceptors (Lipinski definition) is 8. The number of hydrogen-bond donors (Lipinski definition) is 5. The lowest BCUT2D eigenvalue weighted by Gasteiger charge is -2.17. The molecule has 0 radical (unpaired) electrons. The molecular formula is C17H25FN4O7. The lowest BCUT2D eigenvalue weighted by atomic mass is 10.1. The summed E-state index contributed by atoms with van der Waals surface area (Å²) in [5, 5.41) is 33.6. The minimum absolute atomic E-state index is 0.0824. The molecule has 1 aromatic heterocycles. The lowest BCUT2D eigenvalue weighted by Crippen LogP contribution is -2.36. The van der Waals surface area contributed by atoms with Gasteiger partial charge in [0.25, 0.3) is 0 Å². The summed E-state index contributed by atoms with van der Waals surface area (Å²) in [7, 11) is 0. The Balaban J connectivity index is 1.93. The summed E-state index contributed by atoms with van der Waals surface area (Å²) in [5.41, 5.74) is -1.01. The van der Waals surface area contributed by atoms with E-state index in [0.717, 1.165) is 0 Å². The van der Waals surface area contributed by atoms with Gasteiger partial charge in [0.15, 0.2) is 17.9 Å². The standard InChI is InChI=1S/C17H25FN4O7/c1-9(24)19-6-4-2-3-5-12(25)20-15-10(18)7-22(17(28)21-15)16-14(27)13(26)11(8-23)29-16/h7,11,13-14,16,23,26-27H,2-6,8H2,1H3,(H,19,24)(H,20,21,25,28). The van der Waals surface area contributed by atoms with Crippen molar-refractivity contribution < 1.29 is 34.0 Å². The first-order valence-electron chi connectivity index (χ1n) is 9.20. The Morgan fingerprint density at radius 3 is 2.62 bits per heavy atom. The topological polar surface area (TPSA) is 163 Å². The average Bonchev–Trinajstić information content (AvgIpc) is 2.95. The Labute approximate surface area is 165 Å². The normalized spacial score (nSPS) is 23.8. The van der Waals surface area contributed by atoms with Gasteiger partial charge in [-0.25, -0.2) is 9.18 Å². The van der Waals surface area contributed by atoms with E-state index in [1.165, 1.54) is 6.92 Å². The van der Waals surface area contributed by atoms with E-state index < -0.39 is 54.4 Å². The molecule has 0 spiro atoms. The van der Waals surface area contributed by atoms with Crippen LogP contribution < -0.4 is 16.3 Å². The number of amides is 2. The molecule has 1 saturated heterocycles. The molecule has 4 unspecified atom stereocenters. The Morgan fingerprint density at radius 1 is 1.28 bits per heavy atom. The van der Waals surface area contributed by atoms with Crippen molar-refractivity contribution in [3.05, 3.63) is 22.5 Å². The molecule has 4 atom stereocenters. The third-order valence-electron chi connectivity index (χ3n) is 4.41. The quantitative estimate of drug-likeness (QED) is 0.308. The van der Waals surface area contributed by atoms with E-state index in [-0.39, 0.29) is 12.3 Å². The fraction of sp³-hybridized carbons (Fsp3) is 0.647. The fourth-order valence-electron chi connectivity index (χ4n) is 2.87. The monoisotopic (exact) mass is 416 g/mol. The van der Waals surface area contributed by atoms with Crippen LogP contribution in [-0.2, 0) is 14.3 Å². The molecule has 11 nitrogen and oxygen atoms in total. The molecule has 0 saturated carbocycles. The molecule has 5 N–H and O–H groups in total. The molecule has 0 aliphatic carbocycles. The summed E-state index contributed by atoms with van der Waals surface area (Å²) in [6.45, 7) is 1.32. The number of halogens is 1. The first kappa shape index (κ1) is 22.9. The Morgan fingerprint density at radius 2 is 2.00 bits per heavy atom. The zero-order chi connectivity index (χ0) is 21.6. The van der Waals surface area contributed by atoms with Gasteiger partial charge in [-0.1, -0.05) is 6.42 Å². The number of nitrogens with zero attached hydrogens (tertiary/aromatic N) is 2. The maximum absolute atomic E-state index is 14.3. The van der Waals surface area contributed by atoms with Gasteiger partial charge in [0.05, 0.1) is 12.8 Å². The van der Waals surface area contributed by atoms with E-state index in [9.17, 15) is 29.0 Å². The number of aromatic nitrogens is 2. The number of rotatable bonds is 9. The number of aliphatic hydroxyl groups is 3. The summed E-state index contributed by atoms with van der Waals surface area (Å²) >= 11 is 0. The fourth-order valence-corrected chi connectivity index (χ4v) is 2.87. The van der Waals surface area contributed by atoms with Crippen LogP contribution in [0.15, 0.2) is 11.0 Å². The molecule has 2 rings (SSSR count). The van der Waals surface area contributed by atoms with E-state index >= 15 is 0 Å². The maximum atomic E-state index is 14.3. The SMILES string of the molecule is CC(=O)NCCCCCC(=O)Nc1nc(=O)n(C2OC(CO)C(O)C2O)cc1F. The van der Waals surface area contributed by atoms with Crippen LogP contribution in [0.4, 0.5) is 10.2 Å². The number of anilines is 1. The second kappa shape index (κ2) is 10.4. The van der Waals surface area contributed by atoms with Crippen molar-refractivity contribution in [3.63, 3.8) is 0 Å². The highest BCUT2D eigenvalue weighted by molar-refractivity contribution is 5.89. The molecule has 162 valence electrons. The van der Waals surface area contributed by atoms with Crippen molar-refractivity contribution in [2.75, 3.05) is 18.5 Å². The van der Waals surface area contributed by atoms with Crippen LogP contribution in [0.3, 0.4) is 0 Å². The van der Waals surface area contributed by atoms with Crippen LogP contribution in [-0.4, -0.2) is 68.1 Å². The molecule has 2 heterocycles. The van der Waals surface area contributed by atoms with Crippen molar-refractivity contribution in [2.45, 2.75) is 57.1 Å². The summed E-state index contributed by atoms with van der Waals surface area (Å²) in [6.07, 6.45) is -2.91. The molecule has 2 amide bonds. The van der Waals surface area contributed by atoms with Crippen LogP contribution in [0.5, 0.6) is 0 Å². The van der Waals surface area contributed by atoms with Gasteiger partial charge in [0, 0.05) is 19.9 Å². The van der Waals surface area contributed by atoms with E-state index in [1.807, 2.05) is 0 Å². The van der Waals surface area contributed by atoms with Crippen molar-refractivity contribution in [2.24, 2.45) is 0 Å². The van der Waals surface area contributed by atoms with Crippen molar-refractivity contribution in [1.82, 2.24) is 14.9 Å². The molecule has 1 fully saturated rings. The zero-order valence-corrected chi connectivity index (χ0v) is 15.9. The van der Waals surface area contributed by atoms with Crippen LogP contribution in [0.25, 0.3) is 0 Å². The summed E-state index contributed by atoms with van der Waals surface area (Å²) < 4.78 is 20.1. The molecule has 1 aliphatic heterocycles. The third-order valence-corrected chi connectivity index (χ3v) is 4.41. The second-order valence-corrected chi connectivity index (χ2v) is 6.70. The number of carbonyl (C=O) groups excluding carboxylic acids is 2. The van der Waals surface area contributed by atoms with Crippen LogP contribution in [0.2, 0.25) is 0 Å². The van der Waals surface area contributed by atoms with Gasteiger partial charge in [-0.2, -0.15) is 4.98 Å². The van der Waals surface area contributed by atoms with Gasteiger partial charge in [-0.15, -0.1) is 0 Å². The van der Waals surface area contributed by atoms with E-state index in [1.54, 1.807) is 0 Å². The summed E-state index contributed by atoms with van der Waals surface area (Å²) in [6, 6.07) is 0. The smallest absolute Gasteiger partial charge is 0.351 e. The predicted octanol–water partition coefficient (Wildman–Crippen LogP) is -1.37. The first-order valence-corrected chi connectivity index (χ1v) is 9.20. The van der Waals surface area contributed by atoms with E-state index in [4.69, 9.17) is 9.84 Å². The Kier molecular flexibility index (Phi) is 8.20. The zero-order valence-electron chi connectivity index (χ0n) is 15.9. The number of aliphatic hydroxyl groups excluding tert-OH is 3. The second-order valence-electron chi connectivity index (χ2n) is 6.70. The minimum atomic E-state index is -1.57. The average molecular weight is 416 g/mol. The Bertz CT molecular complexity index is 788. The third kappa shape index (κ3) is 6.03. The first-order chi connectivity index (χ1) is 13.7. The summed E-state index contributed by atoms with van der Waals surface area (Å²) in [5.74, 6) is -2.24. The number of unbranched alkanes of at least 4 members (excludes halogenated alkanes) is 2. The van der Waals surface area contributed by atoms with Crippen molar-refractivity contribution in [3.8, 4) is 0 Å². The highest BCUT2D eigenvalue weighted by atomic mass is 19.1. The van der Waals surface area contributed by atoms with Crippen LogP contribution >= 0.6 is 0 Å². The van der Waals surface area contributed by atoms with E-state index in [2.05, 4.69) is 15.6 Å².